The first-order valence-electron chi connectivity index (χ1n) is 22.6. The Morgan fingerprint density at radius 1 is 0.369 bits per heavy atom. The Labute approximate surface area is 377 Å². The van der Waals surface area contributed by atoms with E-state index in [9.17, 15) is 0 Å². The number of hydrogen-bond donors (Lipinski definition) is 0. The third kappa shape index (κ3) is 6.12. The molecular weight excluding hydrogens is 789 g/mol. The van der Waals surface area contributed by atoms with Gasteiger partial charge in [-0.05, 0) is 117 Å². The minimum Gasteiger partial charge on any atom is -0.455 e. The molecule has 3 heteroatoms. The first kappa shape index (κ1) is 37.2. The van der Waals surface area contributed by atoms with Gasteiger partial charge in [-0.2, -0.15) is 0 Å². The van der Waals surface area contributed by atoms with Gasteiger partial charge in [0.15, 0.2) is 0 Å². The van der Waals surface area contributed by atoms with E-state index >= 15 is 0 Å². The van der Waals surface area contributed by atoms with Gasteiger partial charge in [0.1, 0.15) is 11.2 Å². The average Bonchev–Trinajstić information content (AvgIpc) is 3.93. The van der Waals surface area contributed by atoms with Crippen molar-refractivity contribution in [1.82, 2.24) is 4.57 Å². The molecule has 65 heavy (non-hydrogen) atoms. The zero-order chi connectivity index (χ0) is 42.8. The fourth-order valence-electron chi connectivity index (χ4n) is 10.4. The van der Waals surface area contributed by atoms with Crippen molar-refractivity contribution in [1.29, 1.82) is 0 Å². The number of benzene rings is 10. The van der Waals surface area contributed by atoms with Crippen molar-refractivity contribution in [2.45, 2.75) is 12.8 Å². The van der Waals surface area contributed by atoms with Crippen molar-refractivity contribution in [3.63, 3.8) is 0 Å². The molecule has 0 radical (unpaired) electrons. The van der Waals surface area contributed by atoms with Gasteiger partial charge in [0, 0.05) is 49.7 Å². The molecule has 1 aliphatic rings. The third-order valence-corrected chi connectivity index (χ3v) is 13.4. The summed E-state index contributed by atoms with van der Waals surface area (Å²) in [4.78, 5) is 2.40. The summed E-state index contributed by atoms with van der Waals surface area (Å²) in [5, 5.41) is 9.72. The Morgan fingerprint density at radius 3 is 1.77 bits per heavy atom. The van der Waals surface area contributed by atoms with Crippen LogP contribution in [0, 0.1) is 0 Å². The molecule has 0 bridgehead atoms. The minimum atomic E-state index is 0.900. The van der Waals surface area contributed by atoms with Crippen molar-refractivity contribution in [3.8, 4) is 16.8 Å². The van der Waals surface area contributed by atoms with Gasteiger partial charge < -0.3 is 13.9 Å². The lowest BCUT2D eigenvalue weighted by molar-refractivity contribution is 0.670. The van der Waals surface area contributed by atoms with Crippen LogP contribution in [0.4, 0.5) is 17.1 Å². The van der Waals surface area contributed by atoms with Crippen LogP contribution in [-0.4, -0.2) is 4.57 Å². The van der Waals surface area contributed by atoms with Crippen LogP contribution in [0.25, 0.3) is 93.2 Å². The number of allylic oxidation sites excluding steroid dienone is 4. The van der Waals surface area contributed by atoms with Gasteiger partial charge in [0.05, 0.1) is 16.7 Å². The lowest BCUT2D eigenvalue weighted by atomic mass is 9.86. The Bertz CT molecular complexity index is 3850. The van der Waals surface area contributed by atoms with E-state index in [2.05, 4.69) is 234 Å². The second kappa shape index (κ2) is 15.1. The van der Waals surface area contributed by atoms with Gasteiger partial charge in [0.2, 0.25) is 0 Å². The fraction of sp³-hybridized carbons (Fsp3) is 0.0323. The molecule has 0 atom stereocenters. The molecule has 3 nitrogen and oxygen atoms in total. The van der Waals surface area contributed by atoms with Crippen molar-refractivity contribution in [2.24, 2.45) is 0 Å². The van der Waals surface area contributed by atoms with Gasteiger partial charge in [-0.3, -0.25) is 0 Å². The Kier molecular flexibility index (Phi) is 8.67. The van der Waals surface area contributed by atoms with Crippen LogP contribution in [0.1, 0.15) is 24.0 Å². The number of aromatic nitrogens is 1. The van der Waals surface area contributed by atoms with Crippen molar-refractivity contribution in [2.75, 3.05) is 4.90 Å². The summed E-state index contributed by atoms with van der Waals surface area (Å²) in [6.07, 6.45) is 6.87. The van der Waals surface area contributed by atoms with E-state index in [1.807, 2.05) is 6.07 Å². The molecule has 0 spiro atoms. The number of anilines is 3. The summed E-state index contributed by atoms with van der Waals surface area (Å²) in [5.41, 5.74) is 15.8. The SMILES string of the molecule is C1=C(c2ccc(N(c3cccc(-c4cccc5c4oc4ccccc45)c3)c3ccc4ccc5ccccc5c4c3)cc2)C(c2ccccc2-n2c3ccccc3c3ccccc32)=CCC1. The molecule has 1 aliphatic carbocycles. The normalized spacial score (nSPS) is 13.0. The molecule has 0 unspecified atom stereocenters. The number of hydrogen-bond acceptors (Lipinski definition) is 2. The molecule has 2 aromatic heterocycles. The standard InChI is InChI=1S/C62H42N2O/c1-2-19-49-41(15-1)31-32-43-35-38-47(40-57(43)49)63(46-17-13-16-44(39-46)50-25-14-26-56-55-24-8-12-30-61(55)65-62(50)56)45-36-33-42(34-37-45)48-18-3-4-20-51(48)52-21-5-9-27-58(52)64-59-28-10-6-22-53(59)54-23-7-11-29-60(54)64/h1-2,5-40H,3-4H2. The highest BCUT2D eigenvalue weighted by molar-refractivity contribution is 6.13. The average molecular weight is 831 g/mol. The van der Waals surface area contributed by atoms with Gasteiger partial charge in [0.25, 0.3) is 0 Å². The highest BCUT2D eigenvalue weighted by Gasteiger charge is 2.22. The molecule has 0 N–H and O–H groups in total. The van der Waals surface area contributed by atoms with Gasteiger partial charge >= 0.3 is 0 Å². The summed E-state index contributed by atoms with van der Waals surface area (Å²) in [7, 11) is 0. The highest BCUT2D eigenvalue weighted by atomic mass is 16.3. The molecule has 0 fully saturated rings. The van der Waals surface area contributed by atoms with E-state index in [1.165, 1.54) is 71.3 Å². The number of rotatable bonds is 7. The summed E-state index contributed by atoms with van der Waals surface area (Å²) in [6.45, 7) is 0. The second-order valence-electron chi connectivity index (χ2n) is 17.1. The largest absolute Gasteiger partial charge is 0.455 e. The maximum atomic E-state index is 6.55. The smallest absolute Gasteiger partial charge is 0.143 e. The zero-order valence-corrected chi connectivity index (χ0v) is 35.7. The molecule has 0 amide bonds. The van der Waals surface area contributed by atoms with Crippen LogP contribution < -0.4 is 4.90 Å². The molecule has 13 rings (SSSR count). The first-order valence-corrected chi connectivity index (χ1v) is 22.6. The molecule has 0 aliphatic heterocycles. The van der Waals surface area contributed by atoms with Crippen LogP contribution in [0.5, 0.6) is 0 Å². The van der Waals surface area contributed by atoms with E-state index in [0.717, 1.165) is 63.0 Å². The molecule has 12 aromatic rings. The number of nitrogens with zero attached hydrogens (tertiary/aromatic N) is 2. The Morgan fingerprint density at radius 2 is 0.954 bits per heavy atom. The summed E-state index contributed by atoms with van der Waals surface area (Å²) < 4.78 is 9.00. The van der Waals surface area contributed by atoms with Crippen LogP contribution in [0.15, 0.2) is 235 Å². The predicted molar refractivity (Wildman–Crippen MR) is 275 cm³/mol. The molecule has 0 saturated heterocycles. The van der Waals surface area contributed by atoms with E-state index in [-0.39, 0.29) is 0 Å². The van der Waals surface area contributed by atoms with Crippen molar-refractivity contribution in [3.05, 3.63) is 242 Å². The maximum Gasteiger partial charge on any atom is 0.143 e. The number of para-hydroxylation sites is 5. The van der Waals surface area contributed by atoms with E-state index in [0.29, 0.717) is 0 Å². The van der Waals surface area contributed by atoms with Gasteiger partial charge in [-0.1, -0.05) is 170 Å². The molecule has 10 aromatic carbocycles. The monoisotopic (exact) mass is 830 g/mol. The summed E-state index contributed by atoms with van der Waals surface area (Å²) in [5.74, 6) is 0. The predicted octanol–water partition coefficient (Wildman–Crippen LogP) is 17.4. The van der Waals surface area contributed by atoms with Crippen LogP contribution >= 0.6 is 0 Å². The Hall–Kier alpha value is -8.40. The van der Waals surface area contributed by atoms with Gasteiger partial charge in [-0.25, -0.2) is 0 Å². The summed E-state index contributed by atoms with van der Waals surface area (Å²) in [6, 6.07) is 79.4. The lowest BCUT2D eigenvalue weighted by Gasteiger charge is -2.27. The topological polar surface area (TPSA) is 21.3 Å². The highest BCUT2D eigenvalue weighted by Crippen LogP contribution is 2.44. The lowest BCUT2D eigenvalue weighted by Crippen LogP contribution is -2.10. The maximum absolute atomic E-state index is 6.55. The van der Waals surface area contributed by atoms with E-state index in [1.54, 1.807) is 0 Å². The minimum absolute atomic E-state index is 0.900. The van der Waals surface area contributed by atoms with E-state index in [4.69, 9.17) is 4.42 Å². The number of fused-ring (bicyclic) bond motifs is 9. The van der Waals surface area contributed by atoms with Crippen LogP contribution in [-0.2, 0) is 0 Å². The molecule has 306 valence electrons. The second-order valence-corrected chi connectivity index (χ2v) is 17.1. The first-order chi connectivity index (χ1) is 32.2. The fourth-order valence-corrected chi connectivity index (χ4v) is 10.4. The quantitative estimate of drug-likeness (QED) is 0.149. The van der Waals surface area contributed by atoms with Crippen LogP contribution in [0.3, 0.4) is 0 Å². The van der Waals surface area contributed by atoms with Gasteiger partial charge in [-0.15, -0.1) is 0 Å². The van der Waals surface area contributed by atoms with Crippen molar-refractivity contribution >= 4 is 93.5 Å². The Balaban J connectivity index is 0.936. The zero-order valence-electron chi connectivity index (χ0n) is 35.7. The van der Waals surface area contributed by atoms with Crippen LogP contribution in [0.2, 0.25) is 0 Å². The molecule has 0 saturated carbocycles. The van der Waals surface area contributed by atoms with E-state index < -0.39 is 0 Å². The number of furan rings is 1. The third-order valence-electron chi connectivity index (χ3n) is 13.4. The van der Waals surface area contributed by atoms with Crippen molar-refractivity contribution < 1.29 is 4.42 Å². The molecular formula is C62H42N2O. The summed E-state index contributed by atoms with van der Waals surface area (Å²) >= 11 is 0. The molecule has 2 heterocycles.